The van der Waals surface area contributed by atoms with Crippen LogP contribution >= 0.6 is 0 Å². The molecule has 0 saturated carbocycles. The highest BCUT2D eigenvalue weighted by molar-refractivity contribution is 7.84. The van der Waals surface area contributed by atoms with Gasteiger partial charge in [-0.25, -0.2) is 0 Å². The van der Waals surface area contributed by atoms with Crippen LogP contribution in [0, 0.1) is 0 Å². The Bertz CT molecular complexity index is 636. The second-order valence-corrected chi connectivity index (χ2v) is 4.39. The van der Waals surface area contributed by atoms with Gasteiger partial charge in [-0.05, 0) is 11.5 Å². The molecule has 0 amide bonds. The zero-order valence-electron chi connectivity index (χ0n) is 8.12. The van der Waals surface area contributed by atoms with E-state index < -0.39 is 10.3 Å². The Morgan fingerprint density at radius 2 is 1.88 bits per heavy atom. The van der Waals surface area contributed by atoms with Crippen molar-refractivity contribution in [3.05, 3.63) is 36.4 Å². The van der Waals surface area contributed by atoms with E-state index in [9.17, 15) is 13.5 Å². The number of phenolic OH excluding ortho intramolecular Hbond substituents is 1. The molecule has 0 atom stereocenters. The van der Waals surface area contributed by atoms with Gasteiger partial charge in [-0.15, -0.1) is 0 Å². The minimum absolute atomic E-state index is 0.0121. The van der Waals surface area contributed by atoms with Crippen molar-refractivity contribution in [1.29, 1.82) is 0 Å². The molecule has 0 aliphatic carbocycles. The zero-order valence-corrected chi connectivity index (χ0v) is 8.94. The normalized spacial score (nSPS) is 11.6. The van der Waals surface area contributed by atoms with Crippen LogP contribution in [0.2, 0.25) is 0 Å². The summed E-state index contributed by atoms with van der Waals surface area (Å²) in [6, 6.07) is 9.61. The van der Waals surface area contributed by atoms with Gasteiger partial charge in [-0.3, -0.25) is 0 Å². The Hall–Kier alpha value is -1.79. The summed E-state index contributed by atoms with van der Waals surface area (Å²) >= 11 is 0. The van der Waals surface area contributed by atoms with Crippen LogP contribution in [0.4, 0.5) is 0 Å². The molecule has 84 valence electrons. The molecule has 0 spiro atoms. The molecule has 0 aliphatic heterocycles. The summed E-state index contributed by atoms with van der Waals surface area (Å²) in [4.78, 5) is 0. The van der Waals surface area contributed by atoms with Crippen LogP contribution in [-0.2, 0) is 10.3 Å². The van der Waals surface area contributed by atoms with Crippen molar-refractivity contribution in [2.24, 2.45) is 5.14 Å². The molecule has 0 fully saturated rings. The fraction of sp³-hybridized carbons (Fsp3) is 0. The molecular weight excluding hydrogens is 230 g/mol. The third-order valence-corrected chi connectivity index (χ3v) is 2.43. The third kappa shape index (κ3) is 2.23. The van der Waals surface area contributed by atoms with Gasteiger partial charge in [0.05, 0.1) is 0 Å². The first kappa shape index (κ1) is 10.7. The predicted octanol–water partition coefficient (Wildman–Crippen LogP) is 1.13. The lowest BCUT2D eigenvalue weighted by molar-refractivity contribution is 0.466. The van der Waals surface area contributed by atoms with Gasteiger partial charge in [0.1, 0.15) is 5.75 Å². The van der Waals surface area contributed by atoms with Gasteiger partial charge < -0.3 is 9.29 Å². The average Bonchev–Trinajstić information content (AvgIpc) is 2.14. The van der Waals surface area contributed by atoms with Crippen molar-refractivity contribution in [1.82, 2.24) is 0 Å². The molecule has 0 heterocycles. The van der Waals surface area contributed by atoms with Crippen LogP contribution in [0.15, 0.2) is 36.4 Å². The smallest absolute Gasteiger partial charge is 0.380 e. The number of hydrogen-bond donors (Lipinski definition) is 2. The third-order valence-electron chi connectivity index (χ3n) is 2.01. The molecule has 0 aliphatic rings. The number of nitrogens with two attached hydrogens (primary N) is 1. The van der Waals surface area contributed by atoms with Crippen molar-refractivity contribution < 1.29 is 17.7 Å². The zero-order chi connectivity index (χ0) is 11.8. The molecule has 0 aromatic heterocycles. The van der Waals surface area contributed by atoms with Crippen molar-refractivity contribution >= 4 is 21.1 Å². The Morgan fingerprint density at radius 1 is 1.19 bits per heavy atom. The maximum Gasteiger partial charge on any atom is 0.380 e. The van der Waals surface area contributed by atoms with E-state index in [4.69, 9.17) is 5.14 Å². The number of rotatable bonds is 2. The van der Waals surface area contributed by atoms with Crippen LogP contribution in [0.5, 0.6) is 11.5 Å². The topological polar surface area (TPSA) is 89.6 Å². The average molecular weight is 239 g/mol. The number of hydrogen-bond acceptors (Lipinski definition) is 4. The lowest BCUT2D eigenvalue weighted by atomic mass is 10.1. The molecule has 3 N–H and O–H groups in total. The molecule has 16 heavy (non-hydrogen) atoms. The summed E-state index contributed by atoms with van der Waals surface area (Å²) < 4.78 is 26.2. The highest BCUT2D eigenvalue weighted by Crippen LogP contribution is 2.30. The van der Waals surface area contributed by atoms with Gasteiger partial charge >= 0.3 is 10.3 Å². The summed E-state index contributed by atoms with van der Waals surface area (Å²) in [6.45, 7) is 0. The molecule has 5 nitrogen and oxygen atoms in total. The van der Waals surface area contributed by atoms with Crippen LogP contribution in [0.3, 0.4) is 0 Å². The lowest BCUT2D eigenvalue weighted by Gasteiger charge is -2.07. The first-order chi connectivity index (χ1) is 7.46. The highest BCUT2D eigenvalue weighted by atomic mass is 32.2. The summed E-state index contributed by atoms with van der Waals surface area (Å²) in [6.07, 6.45) is 0. The quantitative estimate of drug-likeness (QED) is 0.822. The fourth-order valence-electron chi connectivity index (χ4n) is 1.45. The Morgan fingerprint density at radius 3 is 2.56 bits per heavy atom. The summed E-state index contributed by atoms with van der Waals surface area (Å²) in [5.41, 5.74) is 0. The second-order valence-electron chi connectivity index (χ2n) is 3.24. The molecular formula is C10H9NO4S. The molecule has 0 unspecified atom stereocenters. The summed E-state index contributed by atoms with van der Waals surface area (Å²) in [5.74, 6) is -0.0737. The number of aromatic hydroxyl groups is 1. The molecule has 0 radical (unpaired) electrons. The van der Waals surface area contributed by atoms with Crippen molar-refractivity contribution in [2.75, 3.05) is 0 Å². The molecule has 6 heteroatoms. The molecule has 0 bridgehead atoms. The summed E-state index contributed by atoms with van der Waals surface area (Å²) in [5, 5.41) is 15.4. The molecule has 2 aromatic carbocycles. The molecule has 2 rings (SSSR count). The van der Waals surface area contributed by atoms with Crippen molar-refractivity contribution in [2.45, 2.75) is 0 Å². The minimum Gasteiger partial charge on any atom is -0.508 e. The Kier molecular flexibility index (Phi) is 2.45. The monoisotopic (exact) mass is 239 g/mol. The largest absolute Gasteiger partial charge is 0.508 e. The predicted molar refractivity (Wildman–Crippen MR) is 59.3 cm³/mol. The van der Waals surface area contributed by atoms with Crippen LogP contribution in [-0.4, -0.2) is 13.5 Å². The van der Waals surface area contributed by atoms with Crippen molar-refractivity contribution in [3.63, 3.8) is 0 Å². The first-order valence-electron chi connectivity index (χ1n) is 4.40. The lowest BCUT2D eigenvalue weighted by Crippen LogP contribution is -2.19. The van der Waals surface area contributed by atoms with Crippen LogP contribution in [0.1, 0.15) is 0 Å². The van der Waals surface area contributed by atoms with Crippen LogP contribution < -0.4 is 9.32 Å². The molecule has 0 saturated heterocycles. The van der Waals surface area contributed by atoms with E-state index in [1.54, 1.807) is 24.3 Å². The SMILES string of the molecule is NS(=O)(=O)Oc1cc(O)cc2ccccc12. The Balaban J connectivity index is 2.68. The van der Waals surface area contributed by atoms with E-state index in [1.807, 2.05) is 0 Å². The van der Waals surface area contributed by atoms with Gasteiger partial charge in [0, 0.05) is 11.5 Å². The van der Waals surface area contributed by atoms with E-state index in [2.05, 4.69) is 4.18 Å². The maximum atomic E-state index is 10.8. The van der Waals surface area contributed by atoms with Gasteiger partial charge in [0.2, 0.25) is 0 Å². The van der Waals surface area contributed by atoms with E-state index in [0.29, 0.717) is 10.8 Å². The number of phenols is 1. The second kappa shape index (κ2) is 3.66. The van der Waals surface area contributed by atoms with Crippen LogP contribution in [0.25, 0.3) is 10.8 Å². The van der Waals surface area contributed by atoms with Gasteiger partial charge in [0.25, 0.3) is 0 Å². The van der Waals surface area contributed by atoms with Crippen molar-refractivity contribution in [3.8, 4) is 11.5 Å². The fourth-order valence-corrected chi connectivity index (χ4v) is 1.84. The summed E-state index contributed by atoms with van der Waals surface area (Å²) in [7, 11) is -4.10. The van der Waals surface area contributed by atoms with E-state index in [-0.39, 0.29) is 11.5 Å². The number of benzene rings is 2. The van der Waals surface area contributed by atoms with Gasteiger partial charge in [-0.1, -0.05) is 24.3 Å². The molecule has 2 aromatic rings. The van der Waals surface area contributed by atoms with Gasteiger partial charge in [-0.2, -0.15) is 13.6 Å². The van der Waals surface area contributed by atoms with Gasteiger partial charge in [0.15, 0.2) is 5.75 Å². The van der Waals surface area contributed by atoms with E-state index >= 15 is 0 Å². The maximum absolute atomic E-state index is 10.8. The number of fused-ring (bicyclic) bond motifs is 1. The first-order valence-corrected chi connectivity index (χ1v) is 5.87. The Labute approximate surface area is 92.3 Å². The van der Waals surface area contributed by atoms with E-state index in [0.717, 1.165) is 0 Å². The van der Waals surface area contributed by atoms with E-state index in [1.165, 1.54) is 12.1 Å². The highest BCUT2D eigenvalue weighted by Gasteiger charge is 2.10. The minimum atomic E-state index is -4.10. The standard InChI is InChI=1S/C10H9NO4S/c11-16(13,14)15-10-6-8(12)5-7-3-1-2-4-9(7)10/h1-6,12H,(H2,11,13,14).